The van der Waals surface area contributed by atoms with Gasteiger partial charge in [-0.25, -0.2) is 0 Å². The molecule has 0 fully saturated rings. The fraction of sp³-hybridized carbons (Fsp3) is 0.882. The molecule has 20 heavy (non-hydrogen) atoms. The molecule has 0 radical (unpaired) electrons. The Labute approximate surface area is 142 Å². The normalized spacial score (nSPS) is 13.3. The average Bonchev–Trinajstić information content (AvgIpc) is 2.34. The highest BCUT2D eigenvalue weighted by Gasteiger charge is 2.36. The number of hydrogen-bond acceptors (Lipinski definition) is 1. The minimum Gasteiger partial charge on any atom is -0.417 e. The largest absolute Gasteiger partial charge is 0.417 e. The van der Waals surface area contributed by atoms with Crippen LogP contribution in [0, 0.1) is 0 Å². The smallest absolute Gasteiger partial charge is 0.191 e. The average molecular weight is 410 g/mol. The van der Waals surface area contributed by atoms with Gasteiger partial charge >= 0.3 is 0 Å². The van der Waals surface area contributed by atoms with E-state index in [1.807, 2.05) is 0 Å². The van der Waals surface area contributed by atoms with Gasteiger partial charge in [-0.3, -0.25) is 0 Å². The molecule has 0 rings (SSSR count). The third-order valence-corrected chi connectivity index (χ3v) is 9.42. The minimum atomic E-state index is -1.51. The van der Waals surface area contributed by atoms with Gasteiger partial charge in [-0.15, -0.1) is 0 Å². The quantitative estimate of drug-likeness (QED) is 0.201. The van der Waals surface area contributed by atoms with E-state index in [9.17, 15) is 0 Å². The van der Waals surface area contributed by atoms with Crippen LogP contribution in [0.25, 0.3) is 0 Å². The first-order chi connectivity index (χ1) is 9.31. The summed E-state index contributed by atoms with van der Waals surface area (Å²) in [6.07, 6.45) is 13.0. The van der Waals surface area contributed by atoms with E-state index in [1.165, 1.54) is 51.4 Å². The number of unbranched alkanes of at least 4 members (excludes halogenated alkanes) is 7. The van der Waals surface area contributed by atoms with Crippen molar-refractivity contribution in [2.75, 3.05) is 6.61 Å². The Balaban J connectivity index is 3.37. The minimum absolute atomic E-state index is 0.347. The number of hydrogen-bond donors (Lipinski definition) is 0. The molecule has 0 bridgehead atoms. The lowest BCUT2D eigenvalue weighted by atomic mass is 10.1. The molecule has 0 saturated heterocycles. The second-order valence-electron chi connectivity index (χ2n) is 7.23. The summed E-state index contributed by atoms with van der Waals surface area (Å²) in [7, 11) is -1.51. The molecule has 120 valence electrons. The molecule has 0 saturated carbocycles. The Morgan fingerprint density at radius 3 is 1.90 bits per heavy atom. The Morgan fingerprint density at radius 1 is 0.900 bits per heavy atom. The molecular weight excluding hydrogens is 375 g/mol. The van der Waals surface area contributed by atoms with Crippen molar-refractivity contribution in [2.45, 2.75) is 90.3 Å². The van der Waals surface area contributed by atoms with Gasteiger partial charge in [-0.1, -0.05) is 81.5 Å². The molecule has 0 aromatic carbocycles. The summed E-state index contributed by atoms with van der Waals surface area (Å²) in [5.41, 5.74) is 0. The first-order valence-corrected chi connectivity index (χ1v) is 12.4. The number of allylic oxidation sites excluding steroid dienone is 1. The first-order valence-electron chi connectivity index (χ1n) is 8.20. The summed E-state index contributed by atoms with van der Waals surface area (Å²) < 4.78 is 8.32. The van der Waals surface area contributed by atoms with Gasteiger partial charge in [0.2, 0.25) is 0 Å². The maximum atomic E-state index is 6.20. The van der Waals surface area contributed by atoms with Crippen LogP contribution in [0.4, 0.5) is 0 Å². The van der Waals surface area contributed by atoms with Crippen LogP contribution in [-0.4, -0.2) is 14.9 Å². The van der Waals surface area contributed by atoms with E-state index in [1.54, 1.807) is 0 Å². The van der Waals surface area contributed by atoms with E-state index in [0.29, 0.717) is 5.04 Å². The Morgan fingerprint density at radius 2 is 1.40 bits per heavy atom. The molecule has 0 heterocycles. The van der Waals surface area contributed by atoms with E-state index in [-0.39, 0.29) is 0 Å². The number of rotatable bonds is 11. The fourth-order valence-electron chi connectivity index (χ4n) is 1.85. The molecule has 0 atom stereocenters. The van der Waals surface area contributed by atoms with Gasteiger partial charge in [-0.2, -0.15) is 0 Å². The van der Waals surface area contributed by atoms with Crippen molar-refractivity contribution in [2.24, 2.45) is 0 Å². The molecule has 0 N–H and O–H groups in total. The summed E-state index contributed by atoms with van der Waals surface area (Å²) in [6, 6.07) is 0. The van der Waals surface area contributed by atoms with Crippen LogP contribution in [0.15, 0.2) is 10.2 Å². The summed E-state index contributed by atoms with van der Waals surface area (Å²) in [5.74, 6) is 0. The molecule has 0 aromatic heterocycles. The van der Waals surface area contributed by atoms with Gasteiger partial charge in [0.15, 0.2) is 8.32 Å². The highest BCUT2D eigenvalue weighted by molar-refractivity contribution is 14.1. The summed E-state index contributed by atoms with van der Waals surface area (Å²) in [6.45, 7) is 12.6. The molecular formula is C17H35IOSi. The van der Waals surface area contributed by atoms with Crippen LogP contribution in [-0.2, 0) is 4.43 Å². The van der Waals surface area contributed by atoms with Crippen molar-refractivity contribution in [1.29, 1.82) is 0 Å². The maximum Gasteiger partial charge on any atom is 0.191 e. The lowest BCUT2D eigenvalue weighted by Gasteiger charge is -2.36. The van der Waals surface area contributed by atoms with Crippen LogP contribution in [0.5, 0.6) is 0 Å². The third kappa shape index (κ3) is 10.4. The molecule has 0 aliphatic heterocycles. The third-order valence-electron chi connectivity index (χ3n) is 4.37. The van der Waals surface area contributed by atoms with Crippen LogP contribution in [0.2, 0.25) is 18.1 Å². The zero-order chi connectivity index (χ0) is 15.5. The maximum absolute atomic E-state index is 6.20. The van der Waals surface area contributed by atoms with Crippen LogP contribution in [0.3, 0.4) is 0 Å². The lowest BCUT2D eigenvalue weighted by molar-refractivity contribution is 0.277. The lowest BCUT2D eigenvalue weighted by Crippen LogP contribution is -2.40. The molecule has 3 heteroatoms. The van der Waals surface area contributed by atoms with Crippen LogP contribution in [0.1, 0.15) is 72.1 Å². The summed E-state index contributed by atoms with van der Waals surface area (Å²) in [4.78, 5) is 0. The van der Waals surface area contributed by atoms with Gasteiger partial charge in [0, 0.05) is 6.61 Å². The van der Waals surface area contributed by atoms with Crippen molar-refractivity contribution in [3.05, 3.63) is 10.2 Å². The van der Waals surface area contributed by atoms with Gasteiger partial charge in [-0.05, 0) is 41.5 Å². The van der Waals surface area contributed by atoms with Gasteiger partial charge < -0.3 is 4.43 Å². The molecule has 1 nitrogen and oxygen atoms in total. The van der Waals surface area contributed by atoms with Crippen molar-refractivity contribution in [3.63, 3.8) is 0 Å². The number of halogens is 1. The van der Waals surface area contributed by atoms with Crippen molar-refractivity contribution >= 4 is 30.9 Å². The second kappa shape index (κ2) is 11.2. The van der Waals surface area contributed by atoms with Crippen LogP contribution >= 0.6 is 22.6 Å². The monoisotopic (exact) mass is 410 g/mol. The molecule has 0 unspecified atom stereocenters. The highest BCUT2D eigenvalue weighted by Crippen LogP contribution is 2.36. The van der Waals surface area contributed by atoms with Gasteiger partial charge in [0.25, 0.3) is 0 Å². The van der Waals surface area contributed by atoms with E-state index >= 15 is 0 Å². The van der Waals surface area contributed by atoms with Gasteiger partial charge in [0.1, 0.15) is 0 Å². The zero-order valence-electron chi connectivity index (χ0n) is 14.3. The fourth-order valence-corrected chi connectivity index (χ4v) is 3.30. The predicted molar refractivity (Wildman–Crippen MR) is 103 cm³/mol. The second-order valence-corrected chi connectivity index (χ2v) is 12.8. The molecule has 0 aliphatic rings. The highest BCUT2D eigenvalue weighted by atomic mass is 127. The van der Waals surface area contributed by atoms with Crippen molar-refractivity contribution in [1.82, 2.24) is 0 Å². The first kappa shape index (κ1) is 20.6. The summed E-state index contributed by atoms with van der Waals surface area (Å²) in [5, 5.41) is 0.347. The van der Waals surface area contributed by atoms with Crippen molar-refractivity contribution < 1.29 is 4.43 Å². The SMILES string of the molecule is CC(C)(C)[Si](C)(C)OCCCCCCCCC/C=C/I. The van der Waals surface area contributed by atoms with E-state index < -0.39 is 8.32 Å². The standard InChI is InChI=1S/C17H35IOSi/c1-17(2,3)20(4,5)19-16-14-12-10-8-6-7-9-11-13-15-18/h13,15H,6-12,14,16H2,1-5H3/b15-13+. The van der Waals surface area contributed by atoms with Crippen molar-refractivity contribution in [3.8, 4) is 0 Å². The molecule has 0 spiro atoms. The summed E-state index contributed by atoms with van der Waals surface area (Å²) >= 11 is 2.30. The molecule has 0 aliphatic carbocycles. The van der Waals surface area contributed by atoms with Crippen LogP contribution < -0.4 is 0 Å². The van der Waals surface area contributed by atoms with Gasteiger partial charge in [0.05, 0.1) is 0 Å². The van der Waals surface area contributed by atoms with E-state index in [0.717, 1.165) is 6.61 Å². The Hall–Kier alpha value is 0.647. The topological polar surface area (TPSA) is 9.23 Å². The zero-order valence-corrected chi connectivity index (χ0v) is 17.5. The van der Waals surface area contributed by atoms with E-state index in [2.05, 4.69) is 66.6 Å². The molecule has 0 amide bonds. The Kier molecular flexibility index (Phi) is 11.6. The molecule has 0 aromatic rings. The predicted octanol–water partition coefficient (Wildman–Crippen LogP) is 7.08. The Bertz CT molecular complexity index is 256. The van der Waals surface area contributed by atoms with E-state index in [4.69, 9.17) is 4.43 Å².